The smallest absolute Gasteiger partial charge is 0.153 e. The molecule has 13 heavy (non-hydrogen) atoms. The van der Waals surface area contributed by atoms with Gasteiger partial charge in [0.05, 0.1) is 12.1 Å². The molecule has 0 aromatic rings. The molecule has 0 radical (unpaired) electrons. The minimum Gasteiger partial charge on any atom is -0.383 e. The Kier molecular flexibility index (Phi) is 2.28. The van der Waals surface area contributed by atoms with Gasteiger partial charge >= 0.3 is 0 Å². The minimum atomic E-state index is -1.37. The molecule has 0 bridgehead atoms. The quantitative estimate of drug-likeness (QED) is 0.649. The van der Waals surface area contributed by atoms with Crippen molar-refractivity contribution in [3.8, 4) is 0 Å². The third kappa shape index (κ3) is 1.19. The van der Waals surface area contributed by atoms with Crippen LogP contribution in [-0.2, 0) is 4.74 Å². The average Bonchev–Trinajstić information content (AvgIpc) is 2.57. The molecule has 0 unspecified atom stereocenters. The zero-order chi connectivity index (χ0) is 9.47. The Morgan fingerprint density at radius 3 is 3.00 bits per heavy atom. The summed E-state index contributed by atoms with van der Waals surface area (Å²) in [6.45, 7) is 1.36. The van der Waals surface area contributed by atoms with E-state index in [1.54, 1.807) is 7.11 Å². The lowest BCUT2D eigenvalue weighted by Gasteiger charge is -2.32. The molecule has 76 valence electrons. The van der Waals surface area contributed by atoms with E-state index in [9.17, 15) is 8.78 Å². The molecule has 2 rings (SSSR count). The second-order valence-corrected chi connectivity index (χ2v) is 4.00. The van der Waals surface area contributed by atoms with Gasteiger partial charge in [-0.25, -0.2) is 8.78 Å². The van der Waals surface area contributed by atoms with Crippen LogP contribution in [0.2, 0.25) is 0 Å². The van der Waals surface area contributed by atoms with E-state index in [1.165, 1.54) is 0 Å². The number of alkyl halides is 2. The number of nitrogens with zero attached hydrogens (tertiary/aromatic N) is 1. The van der Waals surface area contributed by atoms with Crippen LogP contribution in [0.1, 0.15) is 12.8 Å². The molecule has 3 atom stereocenters. The summed E-state index contributed by atoms with van der Waals surface area (Å²) in [6.07, 6.45) is -1.01. The Labute approximate surface area is 76.9 Å². The van der Waals surface area contributed by atoms with Crippen molar-refractivity contribution in [1.29, 1.82) is 0 Å². The third-order valence-corrected chi connectivity index (χ3v) is 3.29. The normalized spacial score (nSPS) is 45.5. The highest BCUT2D eigenvalue weighted by Crippen LogP contribution is 2.42. The van der Waals surface area contributed by atoms with E-state index in [0.29, 0.717) is 6.61 Å². The standard InChI is InChI=1S/C9H15F2NO/c1-13-6-9-3-2-4-12(9)5-7(10)8(9)11/h7-8H,2-6H2,1H3/t7-,8-,9-/m0/s1. The lowest BCUT2D eigenvalue weighted by Crippen LogP contribution is -2.48. The second kappa shape index (κ2) is 3.17. The maximum Gasteiger partial charge on any atom is 0.153 e. The van der Waals surface area contributed by atoms with Crippen molar-refractivity contribution in [2.75, 3.05) is 26.8 Å². The number of fused-ring (bicyclic) bond motifs is 1. The number of halogens is 2. The van der Waals surface area contributed by atoms with Crippen molar-refractivity contribution in [1.82, 2.24) is 4.90 Å². The maximum atomic E-state index is 13.6. The predicted molar refractivity (Wildman–Crippen MR) is 45.2 cm³/mol. The monoisotopic (exact) mass is 191 g/mol. The van der Waals surface area contributed by atoms with Gasteiger partial charge in [-0.1, -0.05) is 0 Å². The number of methoxy groups -OCH3 is 1. The first-order chi connectivity index (χ1) is 6.20. The van der Waals surface area contributed by atoms with E-state index >= 15 is 0 Å². The van der Waals surface area contributed by atoms with Crippen molar-refractivity contribution in [2.24, 2.45) is 0 Å². The van der Waals surface area contributed by atoms with Crippen molar-refractivity contribution >= 4 is 0 Å². The Morgan fingerprint density at radius 1 is 1.54 bits per heavy atom. The summed E-state index contributed by atoms with van der Waals surface area (Å²) in [4.78, 5) is 1.91. The van der Waals surface area contributed by atoms with E-state index < -0.39 is 17.9 Å². The van der Waals surface area contributed by atoms with E-state index in [0.717, 1.165) is 19.4 Å². The van der Waals surface area contributed by atoms with Crippen molar-refractivity contribution in [2.45, 2.75) is 30.7 Å². The Hall–Kier alpha value is -0.220. The van der Waals surface area contributed by atoms with Gasteiger partial charge in [-0.15, -0.1) is 0 Å². The van der Waals surface area contributed by atoms with Crippen LogP contribution in [0.3, 0.4) is 0 Å². The van der Waals surface area contributed by atoms with Gasteiger partial charge in [-0.05, 0) is 19.4 Å². The molecular weight excluding hydrogens is 176 g/mol. The zero-order valence-corrected chi connectivity index (χ0v) is 7.80. The van der Waals surface area contributed by atoms with Gasteiger partial charge < -0.3 is 4.74 Å². The summed E-state index contributed by atoms with van der Waals surface area (Å²) in [5.41, 5.74) is -0.645. The molecule has 0 aliphatic carbocycles. The van der Waals surface area contributed by atoms with Crippen molar-refractivity contribution in [3.05, 3.63) is 0 Å². The summed E-state index contributed by atoms with van der Waals surface area (Å²) in [5.74, 6) is 0. The first-order valence-corrected chi connectivity index (χ1v) is 4.73. The number of rotatable bonds is 2. The molecule has 2 aliphatic rings. The van der Waals surface area contributed by atoms with Crippen LogP contribution in [0.25, 0.3) is 0 Å². The molecule has 0 spiro atoms. The molecule has 2 aliphatic heterocycles. The fourth-order valence-electron chi connectivity index (χ4n) is 2.67. The van der Waals surface area contributed by atoms with Gasteiger partial charge in [0.25, 0.3) is 0 Å². The van der Waals surface area contributed by atoms with E-state index in [-0.39, 0.29) is 6.54 Å². The summed E-state index contributed by atoms with van der Waals surface area (Å²) in [7, 11) is 1.55. The predicted octanol–water partition coefficient (Wildman–Crippen LogP) is 1.16. The van der Waals surface area contributed by atoms with Crippen LogP contribution in [0.15, 0.2) is 0 Å². The SMILES string of the molecule is COC[C@]12CCCN1C[C@H](F)[C@@H]2F. The molecule has 2 fully saturated rings. The third-order valence-electron chi connectivity index (χ3n) is 3.29. The van der Waals surface area contributed by atoms with Crippen LogP contribution in [0, 0.1) is 0 Å². The summed E-state index contributed by atoms with van der Waals surface area (Å²) in [6, 6.07) is 0. The molecule has 4 heteroatoms. The molecule has 0 amide bonds. The highest BCUT2D eigenvalue weighted by molar-refractivity contribution is 5.10. The average molecular weight is 191 g/mol. The largest absolute Gasteiger partial charge is 0.383 e. The van der Waals surface area contributed by atoms with Gasteiger partial charge in [0.15, 0.2) is 6.17 Å². The van der Waals surface area contributed by atoms with Crippen molar-refractivity contribution in [3.63, 3.8) is 0 Å². The van der Waals surface area contributed by atoms with E-state index in [1.807, 2.05) is 4.90 Å². The molecule has 2 heterocycles. The summed E-state index contributed by atoms with van der Waals surface area (Å²) in [5, 5.41) is 0. The lowest BCUT2D eigenvalue weighted by atomic mass is 9.93. The van der Waals surface area contributed by atoms with Gasteiger partial charge in [-0.2, -0.15) is 0 Å². The Morgan fingerprint density at radius 2 is 2.31 bits per heavy atom. The fraction of sp³-hybridized carbons (Fsp3) is 1.00. The molecule has 2 saturated heterocycles. The molecule has 2 nitrogen and oxygen atoms in total. The Balaban J connectivity index is 2.19. The molecular formula is C9H15F2NO. The first kappa shape index (κ1) is 9.34. The molecule has 0 aromatic heterocycles. The molecule has 0 N–H and O–H groups in total. The van der Waals surface area contributed by atoms with Crippen LogP contribution in [-0.4, -0.2) is 49.6 Å². The van der Waals surface area contributed by atoms with E-state index in [2.05, 4.69) is 0 Å². The Bertz CT molecular complexity index is 198. The number of hydrogen-bond donors (Lipinski definition) is 0. The van der Waals surface area contributed by atoms with Crippen LogP contribution < -0.4 is 0 Å². The van der Waals surface area contributed by atoms with Gasteiger partial charge in [0.2, 0.25) is 0 Å². The summed E-state index contributed by atoms with van der Waals surface area (Å²) >= 11 is 0. The fourth-order valence-corrected chi connectivity index (χ4v) is 2.67. The summed E-state index contributed by atoms with van der Waals surface area (Å²) < 4.78 is 31.8. The number of hydrogen-bond acceptors (Lipinski definition) is 2. The second-order valence-electron chi connectivity index (χ2n) is 4.00. The van der Waals surface area contributed by atoms with Crippen LogP contribution >= 0.6 is 0 Å². The van der Waals surface area contributed by atoms with Gasteiger partial charge in [0.1, 0.15) is 6.17 Å². The topological polar surface area (TPSA) is 12.5 Å². The number of ether oxygens (including phenoxy) is 1. The first-order valence-electron chi connectivity index (χ1n) is 4.73. The minimum absolute atomic E-state index is 0.241. The van der Waals surface area contributed by atoms with Gasteiger partial charge in [-0.3, -0.25) is 4.90 Å². The maximum absolute atomic E-state index is 13.6. The van der Waals surface area contributed by atoms with Crippen molar-refractivity contribution < 1.29 is 13.5 Å². The zero-order valence-electron chi connectivity index (χ0n) is 7.80. The molecule has 0 saturated carbocycles. The molecule has 0 aromatic carbocycles. The van der Waals surface area contributed by atoms with Gasteiger partial charge in [0, 0.05) is 13.7 Å². The van der Waals surface area contributed by atoms with E-state index in [4.69, 9.17) is 4.74 Å². The van der Waals surface area contributed by atoms with Crippen LogP contribution in [0.5, 0.6) is 0 Å². The lowest BCUT2D eigenvalue weighted by molar-refractivity contribution is 0.0191. The highest BCUT2D eigenvalue weighted by atomic mass is 19.2. The highest BCUT2D eigenvalue weighted by Gasteiger charge is 2.57. The van der Waals surface area contributed by atoms with Crippen LogP contribution in [0.4, 0.5) is 8.78 Å².